The predicted octanol–water partition coefficient (Wildman–Crippen LogP) is 4.98. The summed E-state index contributed by atoms with van der Waals surface area (Å²) in [6.45, 7) is 1.53. The molecule has 0 N–H and O–H groups in total. The molecular weight excluding hydrogens is 451 g/mol. The Morgan fingerprint density at radius 1 is 1.03 bits per heavy atom. The van der Waals surface area contributed by atoms with Crippen LogP contribution >= 0.6 is 0 Å². The van der Waals surface area contributed by atoms with Crippen molar-refractivity contribution in [1.29, 1.82) is 0 Å². The summed E-state index contributed by atoms with van der Waals surface area (Å²) in [5, 5.41) is 0.787. The molecular formula is C26H25FN4O2S. The lowest BCUT2D eigenvalue weighted by Gasteiger charge is -2.20. The summed E-state index contributed by atoms with van der Waals surface area (Å²) in [5.41, 5.74) is 2.29. The average molecular weight is 477 g/mol. The van der Waals surface area contributed by atoms with E-state index in [4.69, 9.17) is 0 Å². The number of amides is 1. The minimum atomic E-state index is -1.24. The summed E-state index contributed by atoms with van der Waals surface area (Å²) in [6.07, 6.45) is 10.9. The number of carbonyl (C=O) groups excluding carboxylic acids is 1. The molecule has 1 saturated heterocycles. The molecule has 6 nitrogen and oxygen atoms in total. The first-order valence-electron chi connectivity index (χ1n) is 11.4. The second kappa shape index (κ2) is 9.56. The van der Waals surface area contributed by atoms with Crippen LogP contribution in [0.4, 0.5) is 4.39 Å². The van der Waals surface area contributed by atoms with E-state index in [1.165, 1.54) is 6.07 Å². The Kier molecular flexibility index (Phi) is 6.34. The molecule has 0 bridgehead atoms. The lowest BCUT2D eigenvalue weighted by atomic mass is 10.1. The fourth-order valence-electron chi connectivity index (χ4n) is 4.46. The first-order valence-corrected chi connectivity index (χ1v) is 12.9. The number of halogens is 1. The van der Waals surface area contributed by atoms with Crippen molar-refractivity contribution >= 4 is 28.0 Å². The Hall–Kier alpha value is -3.23. The van der Waals surface area contributed by atoms with Crippen LogP contribution in [0, 0.1) is 5.82 Å². The quantitative estimate of drug-likeness (QED) is 0.390. The zero-order valence-electron chi connectivity index (χ0n) is 18.9. The van der Waals surface area contributed by atoms with Crippen LogP contribution in [0.25, 0.3) is 28.0 Å². The molecule has 2 aromatic carbocycles. The number of benzene rings is 2. The molecule has 0 radical (unpaired) electrons. The van der Waals surface area contributed by atoms with Crippen LogP contribution in [-0.2, 0) is 11.2 Å². The molecule has 1 atom stereocenters. The fraction of sp³-hybridized carbons (Fsp3) is 0.269. The van der Waals surface area contributed by atoms with Gasteiger partial charge in [-0.15, -0.1) is 0 Å². The van der Waals surface area contributed by atoms with Gasteiger partial charge >= 0.3 is 0 Å². The molecule has 8 heteroatoms. The Bertz CT molecular complexity index is 1330. The van der Waals surface area contributed by atoms with Gasteiger partial charge in [0.05, 0.1) is 17.1 Å². The van der Waals surface area contributed by atoms with Gasteiger partial charge in [-0.05, 0) is 48.3 Å². The molecule has 1 aliphatic rings. The first-order chi connectivity index (χ1) is 16.5. The van der Waals surface area contributed by atoms with E-state index in [1.54, 1.807) is 53.7 Å². The maximum Gasteiger partial charge on any atom is 0.253 e. The third kappa shape index (κ3) is 4.31. The van der Waals surface area contributed by atoms with Crippen molar-refractivity contribution < 1.29 is 13.7 Å². The molecule has 4 aromatic rings. The highest BCUT2D eigenvalue weighted by Gasteiger charge is 2.22. The van der Waals surface area contributed by atoms with Crippen LogP contribution in [-0.4, -0.2) is 49.2 Å². The van der Waals surface area contributed by atoms with E-state index >= 15 is 0 Å². The lowest BCUT2D eigenvalue weighted by Crippen LogP contribution is -2.31. The van der Waals surface area contributed by atoms with Crippen LogP contribution < -0.4 is 0 Å². The van der Waals surface area contributed by atoms with E-state index in [0.29, 0.717) is 33.1 Å². The molecule has 3 heterocycles. The van der Waals surface area contributed by atoms with Crippen LogP contribution in [0.5, 0.6) is 0 Å². The van der Waals surface area contributed by atoms with Crippen LogP contribution in [0.1, 0.15) is 36.0 Å². The minimum absolute atomic E-state index is 0.00606. The summed E-state index contributed by atoms with van der Waals surface area (Å²) in [5.74, 6) is 0.0262. The molecule has 0 aliphatic carbocycles. The zero-order chi connectivity index (χ0) is 23.7. The van der Waals surface area contributed by atoms with E-state index < -0.39 is 11.2 Å². The fourth-order valence-corrected chi connectivity index (χ4v) is 5.20. The molecule has 5 rings (SSSR count). The van der Waals surface area contributed by atoms with Gasteiger partial charge in [-0.1, -0.05) is 31.0 Å². The molecule has 1 amide bonds. The van der Waals surface area contributed by atoms with Gasteiger partial charge < -0.3 is 9.45 Å². The minimum Gasteiger partial charge on any atom is -0.612 e. The van der Waals surface area contributed by atoms with Crippen LogP contribution in [0.15, 0.2) is 66.0 Å². The lowest BCUT2D eigenvalue weighted by molar-refractivity contribution is 0.0762. The predicted molar refractivity (Wildman–Crippen MR) is 131 cm³/mol. The average Bonchev–Trinajstić information content (AvgIpc) is 3.02. The van der Waals surface area contributed by atoms with Crippen molar-refractivity contribution in [3.05, 3.63) is 72.4 Å². The molecule has 1 unspecified atom stereocenters. The summed E-state index contributed by atoms with van der Waals surface area (Å²) < 4.78 is 28.3. The molecule has 1 fully saturated rings. The van der Waals surface area contributed by atoms with Crippen molar-refractivity contribution in [2.75, 3.05) is 19.3 Å². The molecule has 174 valence electrons. The Morgan fingerprint density at radius 2 is 1.74 bits per heavy atom. The van der Waals surface area contributed by atoms with Gasteiger partial charge in [0.1, 0.15) is 12.1 Å². The van der Waals surface area contributed by atoms with E-state index in [9.17, 15) is 13.7 Å². The topological polar surface area (TPSA) is 74.1 Å². The van der Waals surface area contributed by atoms with Crippen molar-refractivity contribution in [2.24, 2.45) is 0 Å². The van der Waals surface area contributed by atoms with Gasteiger partial charge in [0.25, 0.3) is 5.91 Å². The molecule has 34 heavy (non-hydrogen) atoms. The number of aromatic nitrogens is 3. The SMILES string of the molecule is C[S+]([O-])c1cn(-c2ncc(-c3ccccc3F)cn2)c2cc(C(=O)N3CCCCCC3)ccc12. The summed E-state index contributed by atoms with van der Waals surface area (Å²) in [7, 11) is 0. The number of fused-ring (bicyclic) bond motifs is 1. The second-order valence-electron chi connectivity index (χ2n) is 8.51. The highest BCUT2D eigenvalue weighted by atomic mass is 32.2. The zero-order valence-corrected chi connectivity index (χ0v) is 19.7. The van der Waals surface area contributed by atoms with Crippen molar-refractivity contribution in [2.45, 2.75) is 30.6 Å². The van der Waals surface area contributed by atoms with E-state index in [2.05, 4.69) is 9.97 Å². The normalized spacial score (nSPS) is 15.3. The second-order valence-corrected chi connectivity index (χ2v) is 9.86. The monoisotopic (exact) mass is 476 g/mol. The maximum atomic E-state index is 14.2. The summed E-state index contributed by atoms with van der Waals surface area (Å²) in [6, 6.07) is 12.0. The number of hydrogen-bond donors (Lipinski definition) is 0. The van der Waals surface area contributed by atoms with Gasteiger partial charge in [-0.25, -0.2) is 14.4 Å². The van der Waals surface area contributed by atoms with Gasteiger partial charge in [-0.3, -0.25) is 9.36 Å². The number of likely N-dealkylation sites (tertiary alicyclic amines) is 1. The number of nitrogens with zero attached hydrogens (tertiary/aromatic N) is 4. The smallest absolute Gasteiger partial charge is 0.253 e. The molecule has 1 aliphatic heterocycles. The van der Waals surface area contributed by atoms with E-state index in [1.807, 2.05) is 17.0 Å². The highest BCUT2D eigenvalue weighted by molar-refractivity contribution is 7.91. The molecule has 0 saturated carbocycles. The first kappa shape index (κ1) is 22.6. The summed E-state index contributed by atoms with van der Waals surface area (Å²) >= 11 is -1.24. The number of hydrogen-bond acceptors (Lipinski definition) is 4. The van der Waals surface area contributed by atoms with E-state index in [-0.39, 0.29) is 11.7 Å². The Morgan fingerprint density at radius 3 is 2.41 bits per heavy atom. The van der Waals surface area contributed by atoms with Crippen molar-refractivity contribution in [3.8, 4) is 17.1 Å². The van der Waals surface area contributed by atoms with Gasteiger partial charge in [0.2, 0.25) is 5.95 Å². The summed E-state index contributed by atoms with van der Waals surface area (Å²) in [4.78, 5) is 24.7. The Labute approximate surface area is 200 Å². The van der Waals surface area contributed by atoms with E-state index in [0.717, 1.165) is 44.2 Å². The van der Waals surface area contributed by atoms with Crippen LogP contribution in [0.2, 0.25) is 0 Å². The standard InChI is InChI=1S/C26H25FN4O2S/c1-34(33)24-17-31(26-28-15-19(16-29-26)20-8-4-5-9-22(20)27)23-14-18(10-11-21(23)24)25(32)30-12-6-2-3-7-13-30/h4-5,8-11,14-17H,2-3,6-7,12-13H2,1H3. The molecule has 0 spiro atoms. The highest BCUT2D eigenvalue weighted by Crippen LogP contribution is 2.29. The van der Waals surface area contributed by atoms with Crippen LogP contribution in [0.3, 0.4) is 0 Å². The number of carbonyl (C=O) groups is 1. The molecule has 2 aromatic heterocycles. The number of rotatable bonds is 4. The third-order valence-corrected chi connectivity index (χ3v) is 7.20. The van der Waals surface area contributed by atoms with Gasteiger partial charge in [-0.2, -0.15) is 0 Å². The maximum absolute atomic E-state index is 14.2. The largest absolute Gasteiger partial charge is 0.612 e. The van der Waals surface area contributed by atoms with Gasteiger partial charge in [0.15, 0.2) is 4.90 Å². The van der Waals surface area contributed by atoms with Gasteiger partial charge in [0, 0.05) is 42.2 Å². The Balaban J connectivity index is 1.55. The van der Waals surface area contributed by atoms with Crippen molar-refractivity contribution in [3.63, 3.8) is 0 Å². The van der Waals surface area contributed by atoms with Crippen molar-refractivity contribution in [1.82, 2.24) is 19.4 Å². The third-order valence-electron chi connectivity index (χ3n) is 6.26.